The summed E-state index contributed by atoms with van der Waals surface area (Å²) in [6, 6.07) is 18.0. The van der Waals surface area contributed by atoms with Crippen molar-refractivity contribution in [2.45, 2.75) is 35.7 Å². The molecule has 11 nitrogen and oxygen atoms in total. The number of hydrogen-bond acceptors (Lipinski definition) is 9. The molecule has 0 saturated carbocycles. The molecule has 0 saturated heterocycles. The third kappa shape index (κ3) is 9.53. The molecule has 1 aromatic heterocycles. The molecule has 0 fully saturated rings. The van der Waals surface area contributed by atoms with Crippen LogP contribution in [0.2, 0.25) is 0 Å². The van der Waals surface area contributed by atoms with Crippen LogP contribution < -0.4 is 16.2 Å². The van der Waals surface area contributed by atoms with E-state index in [0.29, 0.717) is 23.2 Å². The Balaban J connectivity index is 1.66. The third-order valence-corrected chi connectivity index (χ3v) is 10.8. The van der Waals surface area contributed by atoms with Crippen molar-refractivity contribution in [2.24, 2.45) is 16.8 Å². The zero-order chi connectivity index (χ0) is 29.1. The molecule has 1 heterocycles. The van der Waals surface area contributed by atoms with E-state index < -0.39 is 22.2 Å². The quantitative estimate of drug-likeness (QED) is 0.0688. The summed E-state index contributed by atoms with van der Waals surface area (Å²) in [6.45, 7) is 0. The number of carbonyl (C=O) groups excluding carboxylic acids is 2. The number of sulfonamides is 1. The van der Waals surface area contributed by atoms with Crippen LogP contribution in [0.3, 0.4) is 0 Å². The first-order chi connectivity index (χ1) is 19.1. The van der Waals surface area contributed by atoms with Crippen LogP contribution in [-0.2, 0) is 34.7 Å². The molecule has 0 aliphatic rings. The number of aromatic nitrogens is 2. The standard InChI is InChI=1S/C26H33N5O6S2Se/c1-29-26(33)19(14-22(32)10-13-25(27)37-36-2)16-38-40-17-20-15-24(18-6-4-3-5-7-18)31(30-20)21-8-11-23(12-9-21)39(28,34)35/h3-9,11-12,15,19,25H,10,13-14,16-17,27H2,1-2H3,(H,29,33)(H2,28,34,35). The van der Waals surface area contributed by atoms with E-state index in [-0.39, 0.29) is 43.3 Å². The van der Waals surface area contributed by atoms with E-state index >= 15 is 0 Å². The number of nitrogens with one attached hydrogen (secondary N) is 1. The van der Waals surface area contributed by atoms with E-state index in [1.165, 1.54) is 19.2 Å². The van der Waals surface area contributed by atoms with E-state index in [1.807, 2.05) is 36.4 Å². The van der Waals surface area contributed by atoms with Crippen LogP contribution in [0.15, 0.2) is 65.6 Å². The van der Waals surface area contributed by atoms with Crippen molar-refractivity contribution < 1.29 is 27.8 Å². The number of benzene rings is 2. The SMILES string of the molecule is CNC(=O)C(CS[Se]Cc1cc(-c2ccccc2)n(-c2ccc(S(N)(=O)=O)cc2)n1)CC(=O)CCC(N)OOC. The van der Waals surface area contributed by atoms with Crippen LogP contribution in [0.4, 0.5) is 0 Å². The van der Waals surface area contributed by atoms with Crippen LogP contribution in [-0.4, -0.2) is 69.9 Å². The molecule has 2 aromatic carbocycles. The molecule has 3 rings (SSSR count). The van der Waals surface area contributed by atoms with Crippen LogP contribution in [0.25, 0.3) is 16.9 Å². The van der Waals surface area contributed by atoms with E-state index in [2.05, 4.69) is 10.2 Å². The second kappa shape index (κ2) is 15.4. The molecule has 216 valence electrons. The van der Waals surface area contributed by atoms with Gasteiger partial charge in [-0.2, -0.15) is 0 Å². The van der Waals surface area contributed by atoms with Crippen molar-refractivity contribution in [1.82, 2.24) is 15.1 Å². The van der Waals surface area contributed by atoms with Crippen LogP contribution in [0.5, 0.6) is 0 Å². The molecule has 3 aromatic rings. The Bertz CT molecular complexity index is 1370. The topological polar surface area (TPSA) is 169 Å². The first kappa shape index (κ1) is 32.0. The van der Waals surface area contributed by atoms with Crippen molar-refractivity contribution in [3.05, 3.63) is 66.4 Å². The molecule has 0 radical (unpaired) electrons. The number of Topliss-reactive ketones (excluding diaryl/α,β-unsaturated/α-hetero) is 1. The predicted octanol–water partition coefficient (Wildman–Crippen LogP) is 2.00. The average Bonchev–Trinajstić information content (AvgIpc) is 3.37. The molecule has 1 amide bonds. The molecule has 0 aliphatic heterocycles. The molecular weight excluding hydrogens is 621 g/mol. The number of nitrogens with zero attached hydrogens (tertiary/aromatic N) is 2. The van der Waals surface area contributed by atoms with Gasteiger partial charge in [0.1, 0.15) is 0 Å². The van der Waals surface area contributed by atoms with Crippen molar-refractivity contribution in [3.63, 3.8) is 0 Å². The van der Waals surface area contributed by atoms with Crippen molar-refractivity contribution in [2.75, 3.05) is 19.9 Å². The summed E-state index contributed by atoms with van der Waals surface area (Å²) in [5, 5.41) is 13.4. The van der Waals surface area contributed by atoms with Crippen LogP contribution in [0.1, 0.15) is 25.0 Å². The molecule has 40 heavy (non-hydrogen) atoms. The molecule has 2 atom stereocenters. The second-order valence-electron chi connectivity index (χ2n) is 8.78. The number of amides is 1. The fourth-order valence-electron chi connectivity index (χ4n) is 3.80. The summed E-state index contributed by atoms with van der Waals surface area (Å²) < 4.78 is 25.1. The number of hydrogen-bond donors (Lipinski definition) is 3. The first-order valence-corrected chi connectivity index (χ1v) is 18.1. The summed E-state index contributed by atoms with van der Waals surface area (Å²) in [5.74, 6) is -0.171. The minimum atomic E-state index is -3.80. The van der Waals surface area contributed by atoms with Gasteiger partial charge < -0.3 is 0 Å². The van der Waals surface area contributed by atoms with Gasteiger partial charge in [-0.25, -0.2) is 0 Å². The summed E-state index contributed by atoms with van der Waals surface area (Å²) in [5.41, 5.74) is 9.09. The summed E-state index contributed by atoms with van der Waals surface area (Å²) in [4.78, 5) is 34.2. The summed E-state index contributed by atoms with van der Waals surface area (Å²) in [7, 11) is 0.745. The second-order valence-corrected chi connectivity index (χ2v) is 14.7. The van der Waals surface area contributed by atoms with Gasteiger partial charge in [-0.05, 0) is 0 Å². The van der Waals surface area contributed by atoms with E-state index in [1.54, 1.807) is 34.0 Å². The number of carbonyl (C=O) groups is 2. The van der Waals surface area contributed by atoms with Gasteiger partial charge in [0.2, 0.25) is 0 Å². The van der Waals surface area contributed by atoms with Gasteiger partial charge in [0, 0.05) is 0 Å². The summed E-state index contributed by atoms with van der Waals surface area (Å²) in [6.07, 6.45) is -0.0611. The van der Waals surface area contributed by atoms with E-state index in [9.17, 15) is 18.0 Å². The Hall–Kier alpha value is -2.55. The Kier molecular flexibility index (Phi) is 12.3. The predicted molar refractivity (Wildman–Crippen MR) is 155 cm³/mol. The fourth-order valence-corrected chi connectivity index (χ4v) is 8.27. The fraction of sp³-hybridized carbons (Fsp3) is 0.346. The zero-order valence-electron chi connectivity index (χ0n) is 22.2. The van der Waals surface area contributed by atoms with Gasteiger partial charge in [-0.1, -0.05) is 0 Å². The molecule has 5 N–H and O–H groups in total. The Morgan fingerprint density at radius 1 is 1.15 bits per heavy atom. The Morgan fingerprint density at radius 3 is 2.48 bits per heavy atom. The monoisotopic (exact) mass is 655 g/mol. The maximum absolute atomic E-state index is 12.4. The average molecular weight is 655 g/mol. The molecule has 2 unspecified atom stereocenters. The van der Waals surface area contributed by atoms with Crippen molar-refractivity contribution in [3.8, 4) is 16.9 Å². The maximum atomic E-state index is 12.4. The van der Waals surface area contributed by atoms with Gasteiger partial charge in [-0.15, -0.1) is 0 Å². The third-order valence-electron chi connectivity index (χ3n) is 5.82. The molecule has 14 heteroatoms. The van der Waals surface area contributed by atoms with Gasteiger partial charge >= 0.3 is 244 Å². The van der Waals surface area contributed by atoms with Gasteiger partial charge in [0.25, 0.3) is 0 Å². The number of primary sulfonamides is 1. The first-order valence-electron chi connectivity index (χ1n) is 12.3. The molecular formula is C26H33N5O6S2Se. The number of ketones is 1. The van der Waals surface area contributed by atoms with Gasteiger partial charge in [0.05, 0.1) is 0 Å². The summed E-state index contributed by atoms with van der Waals surface area (Å²) >= 11 is 0.0502. The molecule has 0 spiro atoms. The molecule has 0 bridgehead atoms. The Labute approximate surface area is 243 Å². The normalized spacial score (nSPS) is 13.1. The van der Waals surface area contributed by atoms with Crippen LogP contribution in [0, 0.1) is 5.92 Å². The minimum absolute atomic E-state index is 0.0277. The molecule has 0 aliphatic carbocycles. The zero-order valence-corrected chi connectivity index (χ0v) is 25.5. The van der Waals surface area contributed by atoms with Crippen molar-refractivity contribution in [1.29, 1.82) is 0 Å². The van der Waals surface area contributed by atoms with E-state index in [0.717, 1.165) is 17.0 Å². The van der Waals surface area contributed by atoms with Crippen LogP contribution >= 0.6 is 10.2 Å². The number of rotatable bonds is 16. The van der Waals surface area contributed by atoms with Crippen molar-refractivity contribution >= 4 is 45.7 Å². The Morgan fingerprint density at radius 2 is 1.85 bits per heavy atom. The van der Waals surface area contributed by atoms with Gasteiger partial charge in [0.15, 0.2) is 0 Å². The van der Waals surface area contributed by atoms with E-state index in [4.69, 9.17) is 20.9 Å². The number of nitrogens with two attached hydrogens (primary N) is 2. The van der Waals surface area contributed by atoms with Gasteiger partial charge in [-0.3, -0.25) is 0 Å².